The number of allylic oxidation sites excluding steroid dienone is 1. The standard InChI is InChI=1S/C11H10O5/c12-8-3-1-7(10(14)5-8)2-4-9(13)6-11(15)16/h1-5,12,14H,6H2,(H,15,16). The fourth-order valence-electron chi connectivity index (χ4n) is 1.06. The lowest BCUT2D eigenvalue weighted by Crippen LogP contribution is -2.02. The van der Waals surface area contributed by atoms with E-state index in [0.29, 0.717) is 5.56 Å². The quantitative estimate of drug-likeness (QED) is 0.524. The average molecular weight is 222 g/mol. The van der Waals surface area contributed by atoms with Crippen LogP contribution in [0.4, 0.5) is 0 Å². The van der Waals surface area contributed by atoms with Gasteiger partial charge in [0.15, 0.2) is 5.78 Å². The maximum Gasteiger partial charge on any atom is 0.311 e. The predicted octanol–water partition coefficient (Wildman–Crippen LogP) is 1.15. The van der Waals surface area contributed by atoms with Crippen molar-refractivity contribution in [3.63, 3.8) is 0 Å². The molecule has 1 rings (SSSR count). The Morgan fingerprint density at radius 2 is 1.94 bits per heavy atom. The van der Waals surface area contributed by atoms with Crippen molar-refractivity contribution in [3.05, 3.63) is 29.8 Å². The number of aliphatic carboxylic acids is 1. The Bertz CT molecular complexity index is 448. The maximum absolute atomic E-state index is 11.0. The van der Waals surface area contributed by atoms with Crippen LogP contribution in [-0.4, -0.2) is 27.1 Å². The van der Waals surface area contributed by atoms with Crippen molar-refractivity contribution in [2.45, 2.75) is 6.42 Å². The number of carboxylic acids is 1. The molecule has 0 aromatic heterocycles. The molecular formula is C11H10O5. The van der Waals surface area contributed by atoms with E-state index >= 15 is 0 Å². The van der Waals surface area contributed by atoms with Crippen LogP contribution in [0.15, 0.2) is 24.3 Å². The number of carbonyl (C=O) groups is 2. The van der Waals surface area contributed by atoms with Gasteiger partial charge in [0.2, 0.25) is 0 Å². The summed E-state index contributed by atoms with van der Waals surface area (Å²) in [6.45, 7) is 0. The van der Waals surface area contributed by atoms with E-state index in [9.17, 15) is 14.7 Å². The SMILES string of the molecule is O=C(O)CC(=O)C=Cc1ccc(O)cc1O. The van der Waals surface area contributed by atoms with Crippen LogP contribution < -0.4 is 0 Å². The fraction of sp³-hybridized carbons (Fsp3) is 0.0909. The van der Waals surface area contributed by atoms with Gasteiger partial charge >= 0.3 is 5.97 Å². The van der Waals surface area contributed by atoms with Crippen molar-refractivity contribution in [1.29, 1.82) is 0 Å². The van der Waals surface area contributed by atoms with Gasteiger partial charge in [-0.05, 0) is 24.3 Å². The molecule has 0 saturated heterocycles. The normalized spacial score (nSPS) is 10.5. The third-order valence-corrected chi connectivity index (χ3v) is 1.79. The Hall–Kier alpha value is -2.30. The number of hydrogen-bond acceptors (Lipinski definition) is 4. The second kappa shape index (κ2) is 4.97. The van der Waals surface area contributed by atoms with Gasteiger partial charge in [-0.25, -0.2) is 0 Å². The summed E-state index contributed by atoms with van der Waals surface area (Å²) >= 11 is 0. The predicted molar refractivity (Wildman–Crippen MR) is 56.1 cm³/mol. The minimum atomic E-state index is -1.20. The van der Waals surface area contributed by atoms with Crippen LogP contribution in [0, 0.1) is 0 Å². The first-order chi connectivity index (χ1) is 7.49. The number of carbonyl (C=O) groups excluding carboxylic acids is 1. The Morgan fingerprint density at radius 3 is 2.50 bits per heavy atom. The van der Waals surface area contributed by atoms with Gasteiger partial charge in [-0.1, -0.05) is 0 Å². The Morgan fingerprint density at radius 1 is 1.25 bits per heavy atom. The molecule has 0 fully saturated rings. The summed E-state index contributed by atoms with van der Waals surface area (Å²) in [5.41, 5.74) is 0.330. The smallest absolute Gasteiger partial charge is 0.311 e. The zero-order valence-electron chi connectivity index (χ0n) is 8.25. The minimum Gasteiger partial charge on any atom is -0.508 e. The lowest BCUT2D eigenvalue weighted by Gasteiger charge is -1.98. The molecule has 0 saturated carbocycles. The van der Waals surface area contributed by atoms with Crippen molar-refractivity contribution in [2.75, 3.05) is 0 Å². The highest BCUT2D eigenvalue weighted by Crippen LogP contribution is 2.23. The monoisotopic (exact) mass is 222 g/mol. The highest BCUT2D eigenvalue weighted by molar-refractivity contribution is 6.03. The highest BCUT2D eigenvalue weighted by Gasteiger charge is 2.04. The van der Waals surface area contributed by atoms with Crippen LogP contribution in [0.5, 0.6) is 11.5 Å². The molecule has 0 heterocycles. The summed E-state index contributed by atoms with van der Waals surface area (Å²) in [6.07, 6.45) is 1.77. The van der Waals surface area contributed by atoms with Gasteiger partial charge in [0.25, 0.3) is 0 Å². The van der Waals surface area contributed by atoms with Crippen LogP contribution in [-0.2, 0) is 9.59 Å². The highest BCUT2D eigenvalue weighted by atomic mass is 16.4. The molecule has 84 valence electrons. The third-order valence-electron chi connectivity index (χ3n) is 1.79. The Kier molecular flexibility index (Phi) is 3.66. The summed E-state index contributed by atoms with van der Waals surface area (Å²) in [5, 5.41) is 26.7. The van der Waals surface area contributed by atoms with Gasteiger partial charge in [0.05, 0.1) is 0 Å². The molecule has 1 aromatic rings. The topological polar surface area (TPSA) is 94.8 Å². The van der Waals surface area contributed by atoms with Crippen LogP contribution in [0.25, 0.3) is 6.08 Å². The summed E-state index contributed by atoms with van der Waals surface area (Å²) < 4.78 is 0. The maximum atomic E-state index is 11.0. The van der Waals surface area contributed by atoms with E-state index < -0.39 is 18.2 Å². The van der Waals surface area contributed by atoms with E-state index in [2.05, 4.69) is 0 Å². The summed E-state index contributed by atoms with van der Waals surface area (Å²) in [4.78, 5) is 21.2. The van der Waals surface area contributed by atoms with Gasteiger partial charge in [-0.3, -0.25) is 9.59 Å². The molecule has 16 heavy (non-hydrogen) atoms. The summed E-state index contributed by atoms with van der Waals surface area (Å²) in [7, 11) is 0. The number of phenols is 2. The molecule has 0 bridgehead atoms. The van der Waals surface area contributed by atoms with Crippen molar-refractivity contribution in [2.24, 2.45) is 0 Å². The summed E-state index contributed by atoms with van der Waals surface area (Å²) in [5.74, 6) is -2.05. The Labute approximate surface area is 91.3 Å². The van der Waals surface area contributed by atoms with E-state index in [0.717, 1.165) is 12.1 Å². The second-order valence-corrected chi connectivity index (χ2v) is 3.11. The zero-order chi connectivity index (χ0) is 12.1. The molecule has 0 atom stereocenters. The average Bonchev–Trinajstić information content (AvgIpc) is 2.15. The molecule has 5 heteroatoms. The van der Waals surface area contributed by atoms with Gasteiger partial charge in [0.1, 0.15) is 17.9 Å². The zero-order valence-corrected chi connectivity index (χ0v) is 8.25. The number of hydrogen-bond donors (Lipinski definition) is 3. The van der Waals surface area contributed by atoms with Crippen molar-refractivity contribution >= 4 is 17.8 Å². The van der Waals surface area contributed by atoms with Crippen LogP contribution in [0.2, 0.25) is 0 Å². The van der Waals surface area contributed by atoms with E-state index in [1.807, 2.05) is 0 Å². The van der Waals surface area contributed by atoms with Crippen molar-refractivity contribution < 1.29 is 24.9 Å². The molecule has 5 nitrogen and oxygen atoms in total. The first-order valence-corrected chi connectivity index (χ1v) is 4.43. The van der Waals surface area contributed by atoms with Crippen LogP contribution in [0.1, 0.15) is 12.0 Å². The molecule has 0 aliphatic rings. The largest absolute Gasteiger partial charge is 0.508 e. The van der Waals surface area contributed by atoms with Crippen LogP contribution >= 0.6 is 0 Å². The van der Waals surface area contributed by atoms with Gasteiger partial charge in [-0.2, -0.15) is 0 Å². The lowest BCUT2D eigenvalue weighted by molar-refractivity contribution is -0.139. The Balaban J connectivity index is 2.76. The number of ketones is 1. The molecule has 0 unspecified atom stereocenters. The first-order valence-electron chi connectivity index (χ1n) is 4.43. The van der Waals surface area contributed by atoms with E-state index in [4.69, 9.17) is 10.2 Å². The van der Waals surface area contributed by atoms with E-state index in [-0.39, 0.29) is 11.5 Å². The fourth-order valence-corrected chi connectivity index (χ4v) is 1.06. The van der Waals surface area contributed by atoms with Gasteiger partial charge in [0, 0.05) is 11.6 Å². The van der Waals surface area contributed by atoms with E-state index in [1.54, 1.807) is 0 Å². The molecule has 0 spiro atoms. The number of rotatable bonds is 4. The van der Waals surface area contributed by atoms with Gasteiger partial charge < -0.3 is 15.3 Å². The molecule has 0 amide bonds. The van der Waals surface area contributed by atoms with Crippen molar-refractivity contribution in [3.8, 4) is 11.5 Å². The molecule has 0 aliphatic heterocycles. The van der Waals surface area contributed by atoms with E-state index in [1.165, 1.54) is 18.2 Å². The van der Waals surface area contributed by atoms with Crippen molar-refractivity contribution in [1.82, 2.24) is 0 Å². The second-order valence-electron chi connectivity index (χ2n) is 3.11. The number of carboxylic acid groups (broad SMARTS) is 1. The first kappa shape index (κ1) is 11.8. The number of aromatic hydroxyl groups is 2. The molecular weight excluding hydrogens is 212 g/mol. The molecule has 3 N–H and O–H groups in total. The summed E-state index contributed by atoms with van der Waals surface area (Å²) in [6, 6.07) is 3.89. The minimum absolute atomic E-state index is 0.0912. The number of benzene rings is 1. The number of phenolic OH excluding ortho intramolecular Hbond substituents is 2. The molecule has 0 radical (unpaired) electrons. The molecule has 0 aliphatic carbocycles. The van der Waals surface area contributed by atoms with Crippen LogP contribution in [0.3, 0.4) is 0 Å². The third kappa shape index (κ3) is 3.45. The molecule has 1 aromatic carbocycles. The lowest BCUT2D eigenvalue weighted by atomic mass is 10.1. The van der Waals surface area contributed by atoms with Gasteiger partial charge in [-0.15, -0.1) is 0 Å².